The van der Waals surface area contributed by atoms with Gasteiger partial charge in [0.05, 0.1) is 11.4 Å². The van der Waals surface area contributed by atoms with E-state index in [0.29, 0.717) is 0 Å². The second-order valence-corrected chi connectivity index (χ2v) is 5.86. The average molecular weight is 293 g/mol. The van der Waals surface area contributed by atoms with Crippen LogP contribution in [0.4, 0.5) is 5.82 Å². The summed E-state index contributed by atoms with van der Waals surface area (Å²) < 4.78 is 0. The predicted octanol–water partition coefficient (Wildman–Crippen LogP) is 3.32. The number of anilines is 1. The van der Waals surface area contributed by atoms with Crippen molar-refractivity contribution < 1.29 is 0 Å². The molecular formula is C17H19N5. The van der Waals surface area contributed by atoms with Crippen LogP contribution >= 0.6 is 0 Å². The van der Waals surface area contributed by atoms with Gasteiger partial charge in [0, 0.05) is 24.7 Å². The number of pyridine rings is 2. The Morgan fingerprint density at radius 2 is 1.95 bits per heavy atom. The summed E-state index contributed by atoms with van der Waals surface area (Å²) in [6, 6.07) is 8.25. The molecule has 0 unspecified atom stereocenters. The molecule has 5 nitrogen and oxygen atoms in total. The zero-order valence-corrected chi connectivity index (χ0v) is 12.7. The number of aryl methyl sites for hydroxylation is 1. The second-order valence-electron chi connectivity index (χ2n) is 5.86. The van der Waals surface area contributed by atoms with Crippen LogP contribution in [0, 0.1) is 6.92 Å². The molecule has 1 fully saturated rings. The van der Waals surface area contributed by atoms with Gasteiger partial charge in [0.1, 0.15) is 5.82 Å². The number of hydrogen-bond acceptors (Lipinski definition) is 4. The Morgan fingerprint density at radius 3 is 2.82 bits per heavy atom. The highest BCUT2D eigenvalue weighted by molar-refractivity contribution is 5.90. The Bertz CT molecular complexity index is 802. The first-order valence-electron chi connectivity index (χ1n) is 7.85. The third kappa shape index (κ3) is 2.22. The van der Waals surface area contributed by atoms with E-state index in [-0.39, 0.29) is 0 Å². The van der Waals surface area contributed by atoms with Crippen molar-refractivity contribution >= 4 is 16.9 Å². The molecule has 0 aromatic carbocycles. The highest BCUT2D eigenvalue weighted by Crippen LogP contribution is 2.29. The van der Waals surface area contributed by atoms with Crippen LogP contribution in [0.5, 0.6) is 0 Å². The molecule has 0 spiro atoms. The number of hydrogen-bond donors (Lipinski definition) is 1. The van der Waals surface area contributed by atoms with E-state index in [1.54, 1.807) is 6.20 Å². The fraction of sp³-hybridized carbons (Fsp3) is 0.353. The minimum atomic E-state index is 0.738. The van der Waals surface area contributed by atoms with Crippen molar-refractivity contribution in [2.75, 3.05) is 18.0 Å². The van der Waals surface area contributed by atoms with Gasteiger partial charge in [0.15, 0.2) is 5.65 Å². The molecule has 112 valence electrons. The van der Waals surface area contributed by atoms with E-state index in [0.717, 1.165) is 46.9 Å². The van der Waals surface area contributed by atoms with Crippen LogP contribution in [-0.2, 0) is 0 Å². The largest absolute Gasteiger partial charge is 0.357 e. The Balaban J connectivity index is 1.80. The van der Waals surface area contributed by atoms with Crippen molar-refractivity contribution in [3.8, 4) is 11.4 Å². The van der Waals surface area contributed by atoms with Crippen molar-refractivity contribution in [2.24, 2.45) is 0 Å². The fourth-order valence-corrected chi connectivity index (χ4v) is 3.10. The molecule has 22 heavy (non-hydrogen) atoms. The molecule has 0 aliphatic carbocycles. The number of nitrogens with one attached hydrogen (secondary N) is 1. The summed E-state index contributed by atoms with van der Waals surface area (Å²) in [5.74, 6) is 1.06. The first kappa shape index (κ1) is 13.2. The lowest BCUT2D eigenvalue weighted by Crippen LogP contribution is -2.30. The molecule has 3 aromatic rings. The van der Waals surface area contributed by atoms with Crippen molar-refractivity contribution in [1.29, 1.82) is 0 Å². The number of H-pyrrole nitrogens is 1. The van der Waals surface area contributed by atoms with Gasteiger partial charge in [-0.3, -0.25) is 5.10 Å². The highest BCUT2D eigenvalue weighted by Gasteiger charge is 2.16. The molecule has 1 aliphatic heterocycles. The maximum atomic E-state index is 4.92. The minimum Gasteiger partial charge on any atom is -0.357 e. The predicted molar refractivity (Wildman–Crippen MR) is 87.9 cm³/mol. The van der Waals surface area contributed by atoms with E-state index >= 15 is 0 Å². The van der Waals surface area contributed by atoms with Gasteiger partial charge in [-0.25, -0.2) is 9.97 Å². The van der Waals surface area contributed by atoms with Crippen LogP contribution < -0.4 is 4.90 Å². The van der Waals surface area contributed by atoms with Crippen molar-refractivity contribution in [1.82, 2.24) is 20.2 Å². The van der Waals surface area contributed by atoms with E-state index in [1.165, 1.54) is 19.3 Å². The zero-order valence-electron chi connectivity index (χ0n) is 12.7. The number of fused-ring (bicyclic) bond motifs is 1. The van der Waals surface area contributed by atoms with Crippen molar-refractivity contribution in [3.05, 3.63) is 36.0 Å². The molecule has 1 aliphatic rings. The molecule has 4 rings (SSSR count). The molecular weight excluding hydrogens is 274 g/mol. The Kier molecular flexibility index (Phi) is 3.25. The van der Waals surface area contributed by atoms with Gasteiger partial charge in [0.2, 0.25) is 0 Å². The van der Waals surface area contributed by atoms with Gasteiger partial charge in [-0.2, -0.15) is 5.10 Å². The Hall–Kier alpha value is -2.43. The van der Waals surface area contributed by atoms with Crippen LogP contribution in [0.2, 0.25) is 0 Å². The normalized spacial score (nSPS) is 15.4. The first-order chi connectivity index (χ1) is 10.8. The molecule has 3 aromatic heterocycles. The summed E-state index contributed by atoms with van der Waals surface area (Å²) >= 11 is 0. The summed E-state index contributed by atoms with van der Waals surface area (Å²) in [6.45, 7) is 4.28. The van der Waals surface area contributed by atoms with Crippen molar-refractivity contribution in [2.45, 2.75) is 26.2 Å². The Morgan fingerprint density at radius 1 is 1.09 bits per heavy atom. The van der Waals surface area contributed by atoms with E-state index in [2.05, 4.69) is 39.1 Å². The summed E-state index contributed by atoms with van der Waals surface area (Å²) in [4.78, 5) is 11.6. The van der Waals surface area contributed by atoms with Crippen LogP contribution in [0.25, 0.3) is 22.4 Å². The lowest BCUT2D eigenvalue weighted by atomic mass is 10.1. The van der Waals surface area contributed by atoms with Crippen LogP contribution in [0.3, 0.4) is 0 Å². The number of nitrogens with zero attached hydrogens (tertiary/aromatic N) is 4. The van der Waals surface area contributed by atoms with Crippen LogP contribution in [0.15, 0.2) is 30.5 Å². The number of aromatic nitrogens is 4. The number of rotatable bonds is 2. The smallest absolute Gasteiger partial charge is 0.181 e. The Labute approximate surface area is 129 Å². The number of piperidine rings is 1. The van der Waals surface area contributed by atoms with Gasteiger partial charge in [-0.05, 0) is 49.9 Å². The minimum absolute atomic E-state index is 0.738. The van der Waals surface area contributed by atoms with E-state index < -0.39 is 0 Å². The van der Waals surface area contributed by atoms with Gasteiger partial charge in [0.25, 0.3) is 0 Å². The molecule has 4 heterocycles. The fourth-order valence-electron chi connectivity index (χ4n) is 3.10. The summed E-state index contributed by atoms with van der Waals surface area (Å²) in [5, 5.41) is 8.42. The zero-order chi connectivity index (χ0) is 14.9. The molecule has 0 radical (unpaired) electrons. The molecule has 1 saturated heterocycles. The molecule has 1 N–H and O–H groups in total. The molecule has 0 atom stereocenters. The molecule has 5 heteroatoms. The highest BCUT2D eigenvalue weighted by atomic mass is 15.2. The number of aromatic amines is 1. The van der Waals surface area contributed by atoms with E-state index in [9.17, 15) is 0 Å². The quantitative estimate of drug-likeness (QED) is 0.787. The van der Waals surface area contributed by atoms with Crippen molar-refractivity contribution in [3.63, 3.8) is 0 Å². The van der Waals surface area contributed by atoms with Gasteiger partial charge < -0.3 is 4.90 Å². The lowest BCUT2D eigenvalue weighted by molar-refractivity contribution is 0.573. The summed E-state index contributed by atoms with van der Waals surface area (Å²) in [6.07, 6.45) is 5.59. The SMILES string of the molecule is Cc1ccc(N2CCCCC2)nc1-c1[nH]nc2ncccc12. The summed E-state index contributed by atoms with van der Waals surface area (Å²) in [5.41, 5.74) is 3.82. The van der Waals surface area contributed by atoms with Gasteiger partial charge in [-0.15, -0.1) is 0 Å². The monoisotopic (exact) mass is 293 g/mol. The molecule has 0 saturated carbocycles. The van der Waals surface area contributed by atoms with Crippen LogP contribution in [0.1, 0.15) is 24.8 Å². The molecule has 0 bridgehead atoms. The third-order valence-corrected chi connectivity index (χ3v) is 4.33. The second kappa shape index (κ2) is 5.40. The average Bonchev–Trinajstić information content (AvgIpc) is 3.00. The summed E-state index contributed by atoms with van der Waals surface area (Å²) in [7, 11) is 0. The topological polar surface area (TPSA) is 57.7 Å². The maximum absolute atomic E-state index is 4.92. The third-order valence-electron chi connectivity index (χ3n) is 4.33. The maximum Gasteiger partial charge on any atom is 0.181 e. The lowest BCUT2D eigenvalue weighted by Gasteiger charge is -2.28. The van der Waals surface area contributed by atoms with Gasteiger partial charge >= 0.3 is 0 Å². The van der Waals surface area contributed by atoms with E-state index in [4.69, 9.17) is 4.98 Å². The first-order valence-corrected chi connectivity index (χ1v) is 7.85. The molecule has 0 amide bonds. The van der Waals surface area contributed by atoms with Crippen LogP contribution in [-0.4, -0.2) is 33.3 Å². The van der Waals surface area contributed by atoms with E-state index in [1.807, 2.05) is 12.1 Å². The van der Waals surface area contributed by atoms with Gasteiger partial charge in [-0.1, -0.05) is 6.07 Å². The standard InChI is InChI=1S/C17H19N5/c1-12-7-8-14(22-10-3-2-4-11-22)19-15(12)16-13-6-5-9-18-17(13)21-20-16/h5-9H,2-4,10-11H2,1H3,(H,18,20,21).